The minimum absolute atomic E-state index is 0.590. The van der Waals surface area contributed by atoms with Gasteiger partial charge in [0.25, 0.3) is 0 Å². The molecule has 1 aliphatic carbocycles. The Kier molecular flexibility index (Phi) is 3.97. The zero-order valence-corrected chi connectivity index (χ0v) is 11.9. The first-order valence-electron chi connectivity index (χ1n) is 7.65. The molecule has 4 nitrogen and oxygen atoms in total. The van der Waals surface area contributed by atoms with Gasteiger partial charge in [-0.1, -0.05) is 6.42 Å². The van der Waals surface area contributed by atoms with Crippen molar-refractivity contribution in [3.05, 3.63) is 17.6 Å². The fraction of sp³-hybridized carbons (Fsp3) is 0.733. The van der Waals surface area contributed by atoms with Crippen LogP contribution in [0.2, 0.25) is 0 Å². The summed E-state index contributed by atoms with van der Waals surface area (Å²) in [5.41, 5.74) is 2.61. The molecule has 1 aromatic rings. The molecule has 19 heavy (non-hydrogen) atoms. The van der Waals surface area contributed by atoms with Crippen LogP contribution in [0, 0.1) is 0 Å². The Balaban J connectivity index is 1.58. The smallest absolute Gasteiger partial charge is 0.132 e. The molecule has 104 valence electrons. The van der Waals surface area contributed by atoms with E-state index in [1.807, 2.05) is 0 Å². The Morgan fingerprint density at radius 2 is 2.00 bits per heavy atom. The minimum atomic E-state index is 0.590. The van der Waals surface area contributed by atoms with Gasteiger partial charge in [-0.15, -0.1) is 0 Å². The van der Waals surface area contributed by atoms with Crippen molar-refractivity contribution in [2.75, 3.05) is 25.0 Å². The standard InChI is InChI=1S/C15H24N4/c1-12(19-8-3-2-4-9-19)10-16-15-13-6-5-7-14(13)17-11-18-15/h11-12H,2-10H2,1H3,(H,16,17,18). The number of fused-ring (bicyclic) bond motifs is 1. The van der Waals surface area contributed by atoms with Crippen molar-refractivity contribution in [1.82, 2.24) is 14.9 Å². The molecule has 1 aliphatic heterocycles. The highest BCUT2D eigenvalue weighted by Gasteiger charge is 2.19. The van der Waals surface area contributed by atoms with Gasteiger partial charge >= 0.3 is 0 Å². The first-order chi connectivity index (χ1) is 9.34. The quantitative estimate of drug-likeness (QED) is 0.901. The van der Waals surface area contributed by atoms with Gasteiger partial charge < -0.3 is 5.32 Å². The number of aryl methyl sites for hydroxylation is 1. The number of aromatic nitrogens is 2. The van der Waals surface area contributed by atoms with Crippen LogP contribution in [-0.2, 0) is 12.8 Å². The van der Waals surface area contributed by atoms with E-state index in [4.69, 9.17) is 0 Å². The molecule has 1 unspecified atom stereocenters. The predicted octanol–water partition coefficient (Wildman–Crippen LogP) is 2.25. The molecule has 4 heteroatoms. The zero-order valence-electron chi connectivity index (χ0n) is 11.9. The summed E-state index contributed by atoms with van der Waals surface area (Å²) >= 11 is 0. The average Bonchev–Trinajstić information content (AvgIpc) is 2.94. The van der Waals surface area contributed by atoms with Crippen molar-refractivity contribution >= 4 is 5.82 Å². The fourth-order valence-electron chi connectivity index (χ4n) is 3.24. The van der Waals surface area contributed by atoms with Crippen molar-refractivity contribution < 1.29 is 0 Å². The molecule has 3 rings (SSSR count). The highest BCUT2D eigenvalue weighted by molar-refractivity contribution is 5.47. The summed E-state index contributed by atoms with van der Waals surface area (Å²) in [7, 11) is 0. The molecule has 1 atom stereocenters. The summed E-state index contributed by atoms with van der Waals surface area (Å²) in [6.45, 7) is 5.82. The molecule has 1 fully saturated rings. The van der Waals surface area contributed by atoms with E-state index in [0.29, 0.717) is 6.04 Å². The zero-order chi connectivity index (χ0) is 13.1. The van der Waals surface area contributed by atoms with Gasteiger partial charge in [-0.05, 0) is 52.1 Å². The number of likely N-dealkylation sites (tertiary alicyclic amines) is 1. The van der Waals surface area contributed by atoms with E-state index >= 15 is 0 Å². The van der Waals surface area contributed by atoms with Crippen LogP contribution in [0.3, 0.4) is 0 Å². The third-order valence-electron chi connectivity index (χ3n) is 4.45. The third-order valence-corrected chi connectivity index (χ3v) is 4.45. The van der Waals surface area contributed by atoms with Gasteiger partial charge in [-0.2, -0.15) is 0 Å². The first-order valence-corrected chi connectivity index (χ1v) is 7.65. The predicted molar refractivity (Wildman–Crippen MR) is 77.4 cm³/mol. The van der Waals surface area contributed by atoms with Crippen molar-refractivity contribution in [2.24, 2.45) is 0 Å². The number of hydrogen-bond donors (Lipinski definition) is 1. The monoisotopic (exact) mass is 260 g/mol. The molecule has 0 aromatic carbocycles. The van der Waals surface area contributed by atoms with Crippen molar-refractivity contribution in [2.45, 2.75) is 51.5 Å². The second-order valence-corrected chi connectivity index (χ2v) is 5.83. The summed E-state index contributed by atoms with van der Waals surface area (Å²) in [4.78, 5) is 11.4. The lowest BCUT2D eigenvalue weighted by Crippen LogP contribution is -2.41. The summed E-state index contributed by atoms with van der Waals surface area (Å²) < 4.78 is 0. The molecule has 0 amide bonds. The molecule has 2 heterocycles. The van der Waals surface area contributed by atoms with E-state index in [9.17, 15) is 0 Å². The Morgan fingerprint density at radius 3 is 2.84 bits per heavy atom. The number of hydrogen-bond acceptors (Lipinski definition) is 4. The maximum absolute atomic E-state index is 4.43. The number of anilines is 1. The van der Waals surface area contributed by atoms with Gasteiger partial charge in [-0.3, -0.25) is 4.90 Å². The van der Waals surface area contributed by atoms with Crippen molar-refractivity contribution in [3.63, 3.8) is 0 Å². The van der Waals surface area contributed by atoms with Crippen LogP contribution in [0.5, 0.6) is 0 Å². The van der Waals surface area contributed by atoms with Gasteiger partial charge in [0.15, 0.2) is 0 Å². The molecule has 0 saturated carbocycles. The Morgan fingerprint density at radius 1 is 1.16 bits per heavy atom. The lowest BCUT2D eigenvalue weighted by molar-refractivity contribution is 0.180. The van der Waals surface area contributed by atoms with Crippen molar-refractivity contribution in [3.8, 4) is 0 Å². The van der Waals surface area contributed by atoms with Gasteiger partial charge in [0.2, 0.25) is 0 Å². The minimum Gasteiger partial charge on any atom is -0.368 e. The molecule has 0 radical (unpaired) electrons. The molecule has 2 aliphatic rings. The molecular formula is C15H24N4. The SMILES string of the molecule is CC(CNc1ncnc2c1CCC2)N1CCCCC1. The highest BCUT2D eigenvalue weighted by atomic mass is 15.2. The second-order valence-electron chi connectivity index (χ2n) is 5.83. The maximum atomic E-state index is 4.43. The first kappa shape index (κ1) is 12.9. The molecule has 1 N–H and O–H groups in total. The molecule has 1 aromatic heterocycles. The van der Waals surface area contributed by atoms with E-state index in [2.05, 4.69) is 27.1 Å². The van der Waals surface area contributed by atoms with Crippen LogP contribution < -0.4 is 5.32 Å². The Hall–Kier alpha value is -1.16. The fourth-order valence-corrected chi connectivity index (χ4v) is 3.24. The number of rotatable bonds is 4. The second kappa shape index (κ2) is 5.87. The maximum Gasteiger partial charge on any atom is 0.132 e. The van der Waals surface area contributed by atoms with Gasteiger partial charge in [-0.25, -0.2) is 9.97 Å². The highest BCUT2D eigenvalue weighted by Crippen LogP contribution is 2.25. The van der Waals surface area contributed by atoms with Crippen LogP contribution in [0.4, 0.5) is 5.82 Å². The molecule has 1 saturated heterocycles. The van der Waals surface area contributed by atoms with E-state index in [1.165, 1.54) is 50.0 Å². The van der Waals surface area contributed by atoms with Crippen LogP contribution in [0.1, 0.15) is 43.9 Å². The topological polar surface area (TPSA) is 41.1 Å². The van der Waals surface area contributed by atoms with Crippen LogP contribution in [0.15, 0.2) is 6.33 Å². The largest absolute Gasteiger partial charge is 0.368 e. The summed E-state index contributed by atoms with van der Waals surface area (Å²) in [5.74, 6) is 1.08. The van der Waals surface area contributed by atoms with Crippen LogP contribution in [0.25, 0.3) is 0 Å². The summed E-state index contributed by atoms with van der Waals surface area (Å²) in [6, 6.07) is 0.590. The van der Waals surface area contributed by atoms with E-state index in [-0.39, 0.29) is 0 Å². The summed E-state index contributed by atoms with van der Waals surface area (Å²) in [5, 5.41) is 3.55. The summed E-state index contributed by atoms with van der Waals surface area (Å²) in [6.07, 6.45) is 9.30. The van der Waals surface area contributed by atoms with E-state index < -0.39 is 0 Å². The number of nitrogens with one attached hydrogen (secondary N) is 1. The van der Waals surface area contributed by atoms with Crippen LogP contribution in [-0.4, -0.2) is 40.5 Å². The van der Waals surface area contributed by atoms with Gasteiger partial charge in [0.1, 0.15) is 12.1 Å². The lowest BCUT2D eigenvalue weighted by atomic mass is 10.1. The van der Waals surface area contributed by atoms with Crippen molar-refractivity contribution in [1.29, 1.82) is 0 Å². The van der Waals surface area contributed by atoms with E-state index in [0.717, 1.165) is 25.2 Å². The average molecular weight is 260 g/mol. The van der Waals surface area contributed by atoms with E-state index in [1.54, 1.807) is 6.33 Å². The molecular weight excluding hydrogens is 236 g/mol. The number of nitrogens with zero attached hydrogens (tertiary/aromatic N) is 3. The Labute approximate surface area is 115 Å². The van der Waals surface area contributed by atoms with Gasteiger partial charge in [0.05, 0.1) is 0 Å². The Bertz CT molecular complexity index is 426. The van der Waals surface area contributed by atoms with Gasteiger partial charge in [0, 0.05) is 23.8 Å². The lowest BCUT2D eigenvalue weighted by Gasteiger charge is -2.32. The van der Waals surface area contributed by atoms with Crippen LogP contribution >= 0.6 is 0 Å². The molecule has 0 spiro atoms. The third kappa shape index (κ3) is 2.89. The molecule has 0 bridgehead atoms. The normalized spacial score (nSPS) is 21.1. The number of piperidine rings is 1.